The quantitative estimate of drug-likeness (QED) is 0.883. The summed E-state index contributed by atoms with van der Waals surface area (Å²) < 4.78 is 0. The summed E-state index contributed by atoms with van der Waals surface area (Å²) in [6, 6.07) is 9.43. The number of carbonyl (C=O) groups is 1. The van der Waals surface area contributed by atoms with Gasteiger partial charge in [-0.3, -0.25) is 4.79 Å². The minimum atomic E-state index is -0.637. The van der Waals surface area contributed by atoms with Crippen LogP contribution in [0.5, 0.6) is 0 Å². The van der Waals surface area contributed by atoms with Crippen molar-refractivity contribution in [1.29, 1.82) is 0 Å². The molecule has 1 saturated heterocycles. The zero-order valence-corrected chi connectivity index (χ0v) is 12.2. The monoisotopic (exact) mass is 276 g/mol. The van der Waals surface area contributed by atoms with Crippen LogP contribution in [0.4, 0.5) is 0 Å². The van der Waals surface area contributed by atoms with E-state index in [2.05, 4.69) is 0 Å². The second-order valence-electron chi connectivity index (χ2n) is 6.05. The van der Waals surface area contributed by atoms with E-state index in [-0.39, 0.29) is 17.9 Å². The lowest BCUT2D eigenvalue weighted by Crippen LogP contribution is -2.48. The van der Waals surface area contributed by atoms with Gasteiger partial charge in [-0.05, 0) is 25.3 Å². The Morgan fingerprint density at radius 2 is 1.85 bits per heavy atom. The van der Waals surface area contributed by atoms with Crippen LogP contribution >= 0.6 is 0 Å². The predicted octanol–water partition coefficient (Wildman–Crippen LogP) is 1.70. The van der Waals surface area contributed by atoms with Crippen LogP contribution in [0.3, 0.4) is 0 Å². The predicted molar refractivity (Wildman–Crippen MR) is 79.0 cm³/mol. The van der Waals surface area contributed by atoms with Gasteiger partial charge in [0.2, 0.25) is 5.91 Å². The molecule has 1 amide bonds. The van der Waals surface area contributed by atoms with E-state index in [1.807, 2.05) is 49.1 Å². The topological polar surface area (TPSA) is 66.6 Å². The Bertz CT molecular complexity index is 449. The molecule has 1 aromatic carbocycles. The highest BCUT2D eigenvalue weighted by atomic mass is 16.3. The third-order valence-electron chi connectivity index (χ3n) is 4.26. The third kappa shape index (κ3) is 3.38. The number of hydrogen-bond acceptors (Lipinski definition) is 3. The molecule has 20 heavy (non-hydrogen) atoms. The van der Waals surface area contributed by atoms with E-state index in [1.165, 1.54) is 0 Å². The van der Waals surface area contributed by atoms with Gasteiger partial charge < -0.3 is 15.7 Å². The molecule has 1 aromatic rings. The molecule has 1 aliphatic heterocycles. The molecule has 2 atom stereocenters. The van der Waals surface area contributed by atoms with Crippen LogP contribution in [0.2, 0.25) is 0 Å². The average molecular weight is 276 g/mol. The first-order valence-corrected chi connectivity index (χ1v) is 7.22. The van der Waals surface area contributed by atoms with Crippen molar-refractivity contribution < 1.29 is 9.90 Å². The fraction of sp³-hybridized carbons (Fsp3) is 0.562. The first-order chi connectivity index (χ1) is 9.41. The molecular weight excluding hydrogens is 252 g/mol. The van der Waals surface area contributed by atoms with Crippen molar-refractivity contribution in [2.45, 2.75) is 38.3 Å². The molecule has 0 aliphatic carbocycles. The molecule has 0 saturated carbocycles. The van der Waals surface area contributed by atoms with Gasteiger partial charge in [-0.15, -0.1) is 0 Å². The lowest BCUT2D eigenvalue weighted by molar-refractivity contribution is -0.139. The van der Waals surface area contributed by atoms with Gasteiger partial charge in [-0.25, -0.2) is 0 Å². The summed E-state index contributed by atoms with van der Waals surface area (Å²) in [6.07, 6.45) is 1.26. The summed E-state index contributed by atoms with van der Waals surface area (Å²) in [5, 5.41) is 9.94. The Kier molecular flexibility index (Phi) is 4.45. The van der Waals surface area contributed by atoms with E-state index in [0.29, 0.717) is 25.9 Å². The zero-order valence-electron chi connectivity index (χ0n) is 12.2. The second-order valence-corrected chi connectivity index (χ2v) is 6.05. The van der Waals surface area contributed by atoms with Gasteiger partial charge in [0.15, 0.2) is 0 Å². The molecule has 0 bridgehead atoms. The van der Waals surface area contributed by atoms with Crippen LogP contribution in [0.25, 0.3) is 0 Å². The number of amides is 1. The van der Waals surface area contributed by atoms with Crippen molar-refractivity contribution >= 4 is 5.91 Å². The molecular formula is C16H24N2O2. The van der Waals surface area contributed by atoms with Gasteiger partial charge in [-0.1, -0.05) is 37.3 Å². The molecule has 110 valence electrons. The van der Waals surface area contributed by atoms with Gasteiger partial charge in [0.25, 0.3) is 0 Å². The second kappa shape index (κ2) is 5.94. The highest BCUT2D eigenvalue weighted by molar-refractivity contribution is 5.79. The molecule has 0 aromatic heterocycles. The van der Waals surface area contributed by atoms with Crippen LogP contribution in [0, 0.1) is 5.92 Å². The smallest absolute Gasteiger partial charge is 0.227 e. The van der Waals surface area contributed by atoms with Crippen molar-refractivity contribution in [1.82, 2.24) is 4.90 Å². The van der Waals surface area contributed by atoms with E-state index < -0.39 is 5.60 Å². The highest BCUT2D eigenvalue weighted by Crippen LogP contribution is 2.25. The number of piperidine rings is 1. The van der Waals surface area contributed by atoms with Crippen LogP contribution in [-0.2, 0) is 4.79 Å². The number of nitrogens with two attached hydrogens (primary N) is 1. The lowest BCUT2D eigenvalue weighted by atomic mass is 9.90. The van der Waals surface area contributed by atoms with E-state index in [9.17, 15) is 9.90 Å². The molecule has 1 aliphatic rings. The molecule has 2 unspecified atom stereocenters. The summed E-state index contributed by atoms with van der Waals surface area (Å²) in [5.41, 5.74) is 6.55. The van der Waals surface area contributed by atoms with E-state index >= 15 is 0 Å². The lowest BCUT2D eigenvalue weighted by Gasteiger charge is -2.37. The maximum Gasteiger partial charge on any atom is 0.227 e. The highest BCUT2D eigenvalue weighted by Gasteiger charge is 2.33. The van der Waals surface area contributed by atoms with E-state index in [1.54, 1.807) is 0 Å². The summed E-state index contributed by atoms with van der Waals surface area (Å²) >= 11 is 0. The standard InChI is InChI=1S/C16H24N2O2/c1-12(14(17)13-6-4-3-5-7-13)15(19)18-10-8-16(2,20)9-11-18/h3-7,12,14,20H,8-11,17H2,1-2H3. The normalized spacial score (nSPS) is 21.3. The molecule has 0 spiro atoms. The number of benzene rings is 1. The molecule has 4 nitrogen and oxygen atoms in total. The Hall–Kier alpha value is -1.39. The first kappa shape index (κ1) is 15.0. The van der Waals surface area contributed by atoms with Gasteiger partial charge in [0.05, 0.1) is 11.5 Å². The number of rotatable bonds is 3. The third-order valence-corrected chi connectivity index (χ3v) is 4.26. The molecule has 2 rings (SSSR count). The number of hydrogen-bond donors (Lipinski definition) is 2. The minimum absolute atomic E-state index is 0.0804. The summed E-state index contributed by atoms with van der Waals surface area (Å²) in [6.45, 7) is 4.93. The molecule has 1 heterocycles. The molecule has 3 N–H and O–H groups in total. The largest absolute Gasteiger partial charge is 0.390 e. The van der Waals surface area contributed by atoms with Crippen LogP contribution < -0.4 is 5.73 Å². The van der Waals surface area contributed by atoms with Crippen LogP contribution in [-0.4, -0.2) is 34.6 Å². The summed E-state index contributed by atoms with van der Waals surface area (Å²) in [5.74, 6) is -0.169. The SMILES string of the molecule is CC(C(=O)N1CCC(C)(O)CC1)C(N)c1ccccc1. The number of aliphatic hydroxyl groups is 1. The number of carbonyl (C=O) groups excluding carboxylic acids is 1. The number of nitrogens with zero attached hydrogens (tertiary/aromatic N) is 1. The maximum absolute atomic E-state index is 12.5. The van der Waals surface area contributed by atoms with Crippen molar-refractivity contribution in [2.75, 3.05) is 13.1 Å². The van der Waals surface area contributed by atoms with Gasteiger partial charge >= 0.3 is 0 Å². The summed E-state index contributed by atoms with van der Waals surface area (Å²) in [7, 11) is 0. The minimum Gasteiger partial charge on any atom is -0.390 e. The van der Waals surface area contributed by atoms with Crippen molar-refractivity contribution in [2.24, 2.45) is 11.7 Å². The van der Waals surface area contributed by atoms with Crippen molar-refractivity contribution in [3.8, 4) is 0 Å². The van der Waals surface area contributed by atoms with Crippen molar-refractivity contribution in [3.05, 3.63) is 35.9 Å². The fourth-order valence-electron chi connectivity index (χ4n) is 2.61. The van der Waals surface area contributed by atoms with Gasteiger partial charge in [0, 0.05) is 19.1 Å². The molecule has 0 radical (unpaired) electrons. The van der Waals surface area contributed by atoms with E-state index in [4.69, 9.17) is 5.73 Å². The van der Waals surface area contributed by atoms with E-state index in [0.717, 1.165) is 5.56 Å². The average Bonchev–Trinajstić information content (AvgIpc) is 2.46. The van der Waals surface area contributed by atoms with Crippen LogP contribution in [0.1, 0.15) is 38.3 Å². The van der Waals surface area contributed by atoms with Crippen molar-refractivity contribution in [3.63, 3.8) is 0 Å². The molecule has 4 heteroatoms. The number of likely N-dealkylation sites (tertiary alicyclic amines) is 1. The summed E-state index contributed by atoms with van der Waals surface area (Å²) in [4.78, 5) is 14.3. The molecule has 1 fully saturated rings. The first-order valence-electron chi connectivity index (χ1n) is 7.22. The zero-order chi connectivity index (χ0) is 14.8. The van der Waals surface area contributed by atoms with Gasteiger partial charge in [0.1, 0.15) is 0 Å². The fourth-order valence-corrected chi connectivity index (χ4v) is 2.61. The maximum atomic E-state index is 12.5. The Morgan fingerprint density at radius 3 is 2.40 bits per heavy atom. The Balaban J connectivity index is 1.99. The Labute approximate surface area is 120 Å². The van der Waals surface area contributed by atoms with Gasteiger partial charge in [-0.2, -0.15) is 0 Å². The Morgan fingerprint density at radius 1 is 1.30 bits per heavy atom. The van der Waals surface area contributed by atoms with Crippen LogP contribution in [0.15, 0.2) is 30.3 Å².